The number of nitrogens with zero attached hydrogens (tertiary/aromatic N) is 1. The first-order valence-electron chi connectivity index (χ1n) is 6.60. The lowest BCUT2D eigenvalue weighted by atomic mass is 9.87. The molecule has 108 valence electrons. The van der Waals surface area contributed by atoms with E-state index in [4.69, 9.17) is 0 Å². The first-order chi connectivity index (χ1) is 8.10. The zero-order valence-corrected chi connectivity index (χ0v) is 11.6. The van der Waals surface area contributed by atoms with Crippen molar-refractivity contribution in [3.63, 3.8) is 0 Å². The Morgan fingerprint density at radius 3 is 2.33 bits per heavy atom. The Labute approximate surface area is 107 Å². The lowest BCUT2D eigenvalue weighted by molar-refractivity contribution is -0.192. The van der Waals surface area contributed by atoms with Crippen LogP contribution in [0.5, 0.6) is 0 Å². The van der Waals surface area contributed by atoms with Crippen LogP contribution in [0.2, 0.25) is 0 Å². The monoisotopic (exact) mass is 267 g/mol. The van der Waals surface area contributed by atoms with Gasteiger partial charge in [0, 0.05) is 12.1 Å². The van der Waals surface area contributed by atoms with Crippen LogP contribution in [0.1, 0.15) is 40.5 Å². The second-order valence-electron chi connectivity index (χ2n) is 5.94. The van der Waals surface area contributed by atoms with Gasteiger partial charge in [-0.15, -0.1) is 0 Å². The predicted octanol–water partition coefficient (Wildman–Crippen LogP) is 3.06. The molecule has 0 bridgehead atoms. The smallest absolute Gasteiger partial charge is 0.392 e. The number of halogens is 3. The van der Waals surface area contributed by atoms with Crippen molar-refractivity contribution >= 4 is 0 Å². The highest BCUT2D eigenvalue weighted by Crippen LogP contribution is 2.44. The third-order valence-electron chi connectivity index (χ3n) is 4.46. The Morgan fingerprint density at radius 2 is 1.94 bits per heavy atom. The highest BCUT2D eigenvalue weighted by atomic mass is 19.4. The maximum absolute atomic E-state index is 12.9. The molecule has 18 heavy (non-hydrogen) atoms. The first kappa shape index (κ1) is 15.8. The summed E-state index contributed by atoms with van der Waals surface area (Å²) in [5, 5.41) is 9.98. The van der Waals surface area contributed by atoms with Crippen molar-refractivity contribution in [2.24, 2.45) is 11.8 Å². The van der Waals surface area contributed by atoms with Crippen molar-refractivity contribution in [1.82, 2.24) is 4.90 Å². The van der Waals surface area contributed by atoms with Gasteiger partial charge < -0.3 is 5.11 Å². The van der Waals surface area contributed by atoms with Gasteiger partial charge in [-0.3, -0.25) is 4.90 Å². The van der Waals surface area contributed by atoms with Crippen molar-refractivity contribution < 1.29 is 18.3 Å². The van der Waals surface area contributed by atoms with Crippen LogP contribution < -0.4 is 0 Å². The summed E-state index contributed by atoms with van der Waals surface area (Å²) in [6.07, 6.45) is -3.75. The van der Waals surface area contributed by atoms with Crippen LogP contribution in [-0.4, -0.2) is 40.9 Å². The van der Waals surface area contributed by atoms with Crippen molar-refractivity contribution in [2.75, 3.05) is 13.1 Å². The summed E-state index contributed by atoms with van der Waals surface area (Å²) in [6, 6.07) is 0. The summed E-state index contributed by atoms with van der Waals surface area (Å²) in [6.45, 7) is 7.89. The Balaban J connectivity index is 2.70. The Kier molecular flexibility index (Phi) is 4.70. The van der Waals surface area contributed by atoms with Crippen LogP contribution in [0.25, 0.3) is 0 Å². The van der Waals surface area contributed by atoms with Crippen molar-refractivity contribution in [3.8, 4) is 0 Å². The number of aliphatic hydroxyl groups excluding tert-OH is 1. The highest BCUT2D eigenvalue weighted by molar-refractivity contribution is 4.99. The molecular formula is C13H24F3NO. The third kappa shape index (κ3) is 3.18. The normalized spacial score (nSPS) is 28.3. The van der Waals surface area contributed by atoms with Gasteiger partial charge in [-0.25, -0.2) is 0 Å². The third-order valence-corrected chi connectivity index (χ3v) is 4.46. The van der Waals surface area contributed by atoms with E-state index in [1.165, 1.54) is 0 Å². The second kappa shape index (κ2) is 5.37. The van der Waals surface area contributed by atoms with Crippen LogP contribution in [0.3, 0.4) is 0 Å². The Hall–Kier alpha value is -0.290. The molecule has 0 aromatic rings. The molecule has 1 fully saturated rings. The van der Waals surface area contributed by atoms with Gasteiger partial charge in [0.1, 0.15) is 0 Å². The molecule has 1 rings (SSSR count). The second-order valence-corrected chi connectivity index (χ2v) is 5.94. The maximum Gasteiger partial charge on any atom is 0.393 e. The fourth-order valence-electron chi connectivity index (χ4n) is 2.72. The molecule has 2 nitrogen and oxygen atoms in total. The summed E-state index contributed by atoms with van der Waals surface area (Å²) in [5.74, 6) is -1.18. The standard InChI is InChI=1S/C13H24F3NO/c1-5-9(2)10(18)8-17-7-6-11(12(17,3)4)13(14,15)16/h9-11,18H,5-8H2,1-4H3. The quantitative estimate of drug-likeness (QED) is 0.846. The van der Waals surface area contributed by atoms with Gasteiger partial charge in [-0.05, 0) is 32.7 Å². The van der Waals surface area contributed by atoms with Crippen LogP contribution in [-0.2, 0) is 0 Å². The molecule has 5 heteroatoms. The molecule has 0 spiro atoms. The van der Waals surface area contributed by atoms with Gasteiger partial charge in [0.15, 0.2) is 0 Å². The summed E-state index contributed by atoms with van der Waals surface area (Å²) < 4.78 is 38.7. The Bertz CT molecular complexity index is 278. The SMILES string of the molecule is CCC(C)C(O)CN1CCC(C(F)(F)F)C1(C)C. The average Bonchev–Trinajstić information content (AvgIpc) is 2.52. The molecule has 0 amide bonds. The summed E-state index contributed by atoms with van der Waals surface area (Å²) in [5.41, 5.74) is -0.924. The van der Waals surface area contributed by atoms with Gasteiger partial charge in [0.2, 0.25) is 0 Å². The van der Waals surface area contributed by atoms with E-state index in [0.717, 1.165) is 6.42 Å². The van der Waals surface area contributed by atoms with Gasteiger partial charge in [-0.1, -0.05) is 20.3 Å². The summed E-state index contributed by atoms with van der Waals surface area (Å²) in [4.78, 5) is 1.78. The molecule has 0 aliphatic carbocycles. The highest BCUT2D eigenvalue weighted by Gasteiger charge is 2.54. The molecule has 1 N–H and O–H groups in total. The molecular weight excluding hydrogens is 243 g/mol. The largest absolute Gasteiger partial charge is 0.393 e. The zero-order valence-electron chi connectivity index (χ0n) is 11.6. The van der Waals surface area contributed by atoms with Gasteiger partial charge in [0.25, 0.3) is 0 Å². The molecule has 0 aromatic heterocycles. The van der Waals surface area contributed by atoms with Crippen LogP contribution in [0, 0.1) is 11.8 Å². The van der Waals surface area contributed by atoms with E-state index in [2.05, 4.69) is 0 Å². The van der Waals surface area contributed by atoms with E-state index in [9.17, 15) is 18.3 Å². The van der Waals surface area contributed by atoms with E-state index in [-0.39, 0.29) is 12.3 Å². The molecule has 0 radical (unpaired) electrons. The number of likely N-dealkylation sites (tertiary alicyclic amines) is 1. The molecule has 1 aliphatic heterocycles. The molecule has 1 heterocycles. The molecule has 1 saturated heterocycles. The Morgan fingerprint density at radius 1 is 1.39 bits per heavy atom. The van der Waals surface area contributed by atoms with E-state index in [1.807, 2.05) is 13.8 Å². The number of aliphatic hydroxyl groups is 1. The first-order valence-corrected chi connectivity index (χ1v) is 6.60. The van der Waals surface area contributed by atoms with Crippen LogP contribution in [0.15, 0.2) is 0 Å². The molecule has 3 unspecified atom stereocenters. The minimum atomic E-state index is -4.15. The number of rotatable bonds is 4. The molecule has 1 aliphatic rings. The molecule has 3 atom stereocenters. The maximum atomic E-state index is 12.9. The number of alkyl halides is 3. The van der Waals surface area contributed by atoms with Gasteiger partial charge >= 0.3 is 6.18 Å². The van der Waals surface area contributed by atoms with E-state index in [0.29, 0.717) is 13.1 Å². The summed E-state index contributed by atoms with van der Waals surface area (Å²) in [7, 11) is 0. The average molecular weight is 267 g/mol. The predicted molar refractivity (Wildman–Crippen MR) is 65.3 cm³/mol. The molecule has 0 saturated carbocycles. The lowest BCUT2D eigenvalue weighted by Gasteiger charge is -2.38. The zero-order chi connectivity index (χ0) is 14.1. The number of hydrogen-bond acceptors (Lipinski definition) is 2. The van der Waals surface area contributed by atoms with Crippen molar-refractivity contribution in [1.29, 1.82) is 0 Å². The number of β-amino-alcohol motifs (C(OH)–C–C–N with tert-alkyl or cyclic N) is 1. The minimum Gasteiger partial charge on any atom is -0.392 e. The topological polar surface area (TPSA) is 23.5 Å². The fourth-order valence-corrected chi connectivity index (χ4v) is 2.72. The van der Waals surface area contributed by atoms with E-state index in [1.54, 1.807) is 18.7 Å². The van der Waals surface area contributed by atoms with Crippen molar-refractivity contribution in [2.45, 2.75) is 58.4 Å². The number of hydrogen-bond donors (Lipinski definition) is 1. The molecule has 0 aromatic carbocycles. The van der Waals surface area contributed by atoms with E-state index < -0.39 is 23.7 Å². The summed E-state index contributed by atoms with van der Waals surface area (Å²) >= 11 is 0. The van der Waals surface area contributed by atoms with Crippen molar-refractivity contribution in [3.05, 3.63) is 0 Å². The van der Waals surface area contributed by atoms with Gasteiger partial charge in [0.05, 0.1) is 12.0 Å². The van der Waals surface area contributed by atoms with Crippen LogP contribution >= 0.6 is 0 Å². The fraction of sp³-hybridized carbons (Fsp3) is 1.00. The lowest BCUT2D eigenvalue weighted by Crippen LogP contribution is -2.50. The van der Waals surface area contributed by atoms with Gasteiger partial charge in [-0.2, -0.15) is 13.2 Å². The van der Waals surface area contributed by atoms with Crippen LogP contribution in [0.4, 0.5) is 13.2 Å². The van der Waals surface area contributed by atoms with E-state index >= 15 is 0 Å². The minimum absolute atomic E-state index is 0.116.